The average Bonchev–Trinajstić information content (AvgIpc) is 3.34. The van der Waals surface area contributed by atoms with E-state index in [2.05, 4.69) is 34.9 Å². The normalized spacial score (nSPS) is 25.3. The van der Waals surface area contributed by atoms with E-state index in [1.165, 1.54) is 22.3 Å². The zero-order valence-corrected chi connectivity index (χ0v) is 19.2. The van der Waals surface area contributed by atoms with Crippen LogP contribution in [0.15, 0.2) is 48.5 Å². The van der Waals surface area contributed by atoms with Gasteiger partial charge in [0, 0.05) is 17.9 Å². The summed E-state index contributed by atoms with van der Waals surface area (Å²) in [5.41, 5.74) is 4.74. The predicted molar refractivity (Wildman–Crippen MR) is 126 cm³/mol. The number of hydrogen-bond donors (Lipinski definition) is 3. The van der Waals surface area contributed by atoms with Gasteiger partial charge in [-0.2, -0.15) is 0 Å². The maximum atomic E-state index is 12.6. The van der Waals surface area contributed by atoms with E-state index in [9.17, 15) is 19.5 Å². The summed E-state index contributed by atoms with van der Waals surface area (Å²) in [6.45, 7) is 2.02. The first-order valence-corrected chi connectivity index (χ1v) is 12.1. The fourth-order valence-corrected chi connectivity index (χ4v) is 6.03. The quantitative estimate of drug-likeness (QED) is 0.579. The molecule has 0 spiro atoms. The molecule has 34 heavy (non-hydrogen) atoms. The van der Waals surface area contributed by atoms with Gasteiger partial charge in [-0.15, -0.1) is 0 Å². The zero-order chi connectivity index (χ0) is 23.8. The van der Waals surface area contributed by atoms with Crippen molar-refractivity contribution in [1.82, 2.24) is 10.6 Å². The van der Waals surface area contributed by atoms with Crippen LogP contribution in [-0.2, 0) is 14.3 Å². The maximum absolute atomic E-state index is 12.6. The van der Waals surface area contributed by atoms with E-state index >= 15 is 0 Å². The first-order valence-electron chi connectivity index (χ1n) is 12.1. The highest BCUT2D eigenvalue weighted by molar-refractivity contribution is 5.85. The Bertz CT molecular complexity index is 1070. The topological polar surface area (TPSA) is 105 Å². The van der Waals surface area contributed by atoms with Gasteiger partial charge in [0.25, 0.3) is 0 Å². The molecule has 3 aliphatic carbocycles. The van der Waals surface area contributed by atoms with Gasteiger partial charge < -0.3 is 20.5 Å². The number of fused-ring (bicyclic) bond motifs is 4. The average molecular weight is 463 g/mol. The second-order valence-electron chi connectivity index (χ2n) is 9.71. The van der Waals surface area contributed by atoms with Gasteiger partial charge in [-0.05, 0) is 59.8 Å². The van der Waals surface area contributed by atoms with Crippen molar-refractivity contribution < 1.29 is 24.2 Å². The standard InChI is InChI=1S/C27H30N2O5/c1-2-23(26(31)32)28-25(30)16-11-15-13-24(21(15)12-16)29-27(33)34-14-22-19-9-5-3-7-17(19)18-8-4-6-10-20(18)22/h3-10,15-16,21-24H,2,11-14H2,1H3,(H,28,30)(H,29,33)(H,31,32)/t15-,16?,21-,23+,24+/m1/s1. The van der Waals surface area contributed by atoms with Gasteiger partial charge in [-0.25, -0.2) is 9.59 Å². The zero-order valence-electron chi connectivity index (χ0n) is 19.2. The summed E-state index contributed by atoms with van der Waals surface area (Å²) >= 11 is 0. The SMILES string of the molecule is CC[C@H](NC(=O)C1C[C@@H]2C[C@H](NC(=O)OCC3c4ccccc4-c4ccccc43)[C@@H]2C1)C(=O)O. The first-order chi connectivity index (χ1) is 16.5. The van der Waals surface area contributed by atoms with Crippen molar-refractivity contribution in [1.29, 1.82) is 0 Å². The molecule has 7 nitrogen and oxygen atoms in total. The third-order valence-electron chi connectivity index (χ3n) is 7.86. The lowest BCUT2D eigenvalue weighted by Crippen LogP contribution is -2.50. The summed E-state index contributed by atoms with van der Waals surface area (Å²) in [7, 11) is 0. The van der Waals surface area contributed by atoms with E-state index in [-0.39, 0.29) is 36.3 Å². The number of nitrogens with one attached hydrogen (secondary N) is 2. The van der Waals surface area contributed by atoms with Gasteiger partial charge in [0.2, 0.25) is 5.91 Å². The first kappa shape index (κ1) is 22.4. The fourth-order valence-electron chi connectivity index (χ4n) is 6.03. The number of carbonyl (C=O) groups excluding carboxylic acids is 2. The van der Waals surface area contributed by atoms with Gasteiger partial charge in [0.1, 0.15) is 12.6 Å². The number of amides is 2. The van der Waals surface area contributed by atoms with Gasteiger partial charge >= 0.3 is 12.1 Å². The smallest absolute Gasteiger partial charge is 0.407 e. The van der Waals surface area contributed by atoms with Crippen molar-refractivity contribution in [3.05, 3.63) is 59.7 Å². The molecule has 5 atom stereocenters. The lowest BCUT2D eigenvalue weighted by atomic mass is 9.71. The number of aliphatic carboxylic acids is 1. The predicted octanol–water partition coefficient (Wildman–Crippen LogP) is 3.92. The van der Waals surface area contributed by atoms with Crippen LogP contribution in [0.5, 0.6) is 0 Å². The molecule has 0 bridgehead atoms. The molecule has 2 saturated carbocycles. The minimum Gasteiger partial charge on any atom is -0.480 e. The van der Waals surface area contributed by atoms with Crippen molar-refractivity contribution in [3.8, 4) is 11.1 Å². The number of carboxylic acid groups (broad SMARTS) is 1. The molecule has 178 valence electrons. The van der Waals surface area contributed by atoms with E-state index in [0.717, 1.165) is 12.8 Å². The van der Waals surface area contributed by atoms with Crippen molar-refractivity contribution in [2.24, 2.45) is 17.8 Å². The summed E-state index contributed by atoms with van der Waals surface area (Å²) < 4.78 is 5.67. The molecule has 2 amide bonds. The number of ether oxygens (including phenoxy) is 1. The van der Waals surface area contributed by atoms with E-state index in [1.807, 2.05) is 24.3 Å². The Morgan fingerprint density at radius 2 is 1.65 bits per heavy atom. The van der Waals surface area contributed by atoms with Crippen LogP contribution in [0.25, 0.3) is 11.1 Å². The molecule has 0 radical (unpaired) electrons. The molecule has 2 aromatic carbocycles. The van der Waals surface area contributed by atoms with E-state index in [0.29, 0.717) is 18.8 Å². The van der Waals surface area contributed by atoms with Crippen LogP contribution in [0, 0.1) is 17.8 Å². The summed E-state index contributed by atoms with van der Waals surface area (Å²) in [4.78, 5) is 36.4. The summed E-state index contributed by atoms with van der Waals surface area (Å²) in [6, 6.07) is 15.6. The van der Waals surface area contributed by atoms with Crippen LogP contribution < -0.4 is 10.6 Å². The number of alkyl carbamates (subject to hydrolysis) is 1. The van der Waals surface area contributed by atoms with Crippen molar-refractivity contribution in [2.45, 2.75) is 50.6 Å². The minimum atomic E-state index is -1.01. The Kier molecular flexibility index (Phi) is 6.02. The second kappa shape index (κ2) is 9.12. The van der Waals surface area contributed by atoms with Crippen molar-refractivity contribution in [2.75, 3.05) is 6.61 Å². The van der Waals surface area contributed by atoms with Gasteiger partial charge in [0.15, 0.2) is 0 Å². The molecule has 0 heterocycles. The molecule has 2 aromatic rings. The lowest BCUT2D eigenvalue weighted by Gasteiger charge is -2.40. The van der Waals surface area contributed by atoms with Crippen molar-refractivity contribution in [3.63, 3.8) is 0 Å². The largest absolute Gasteiger partial charge is 0.480 e. The third-order valence-corrected chi connectivity index (χ3v) is 7.86. The lowest BCUT2D eigenvalue weighted by molar-refractivity contribution is -0.142. The van der Waals surface area contributed by atoms with Crippen LogP contribution in [0.3, 0.4) is 0 Å². The Hall–Kier alpha value is -3.35. The number of hydrogen-bond acceptors (Lipinski definition) is 4. The summed E-state index contributed by atoms with van der Waals surface area (Å²) in [5, 5.41) is 14.8. The minimum absolute atomic E-state index is 0.0000959. The molecule has 1 unspecified atom stereocenters. The summed E-state index contributed by atoms with van der Waals surface area (Å²) in [5.74, 6) is -0.749. The van der Waals surface area contributed by atoms with Crippen LogP contribution in [-0.4, -0.2) is 41.8 Å². The molecule has 7 heteroatoms. The molecule has 0 aromatic heterocycles. The Morgan fingerprint density at radius 1 is 1.00 bits per heavy atom. The summed E-state index contributed by atoms with van der Waals surface area (Å²) in [6.07, 6.45) is 2.17. The highest BCUT2D eigenvalue weighted by atomic mass is 16.5. The van der Waals surface area contributed by atoms with Gasteiger partial charge in [0.05, 0.1) is 0 Å². The highest BCUT2D eigenvalue weighted by Crippen LogP contribution is 2.50. The number of benzene rings is 2. The second-order valence-corrected chi connectivity index (χ2v) is 9.71. The monoisotopic (exact) mass is 462 g/mol. The van der Waals surface area contributed by atoms with Crippen LogP contribution >= 0.6 is 0 Å². The number of carboxylic acids is 1. The maximum Gasteiger partial charge on any atom is 0.407 e. The van der Waals surface area contributed by atoms with E-state index in [1.54, 1.807) is 6.92 Å². The van der Waals surface area contributed by atoms with Gasteiger partial charge in [-0.3, -0.25) is 4.79 Å². The Morgan fingerprint density at radius 3 is 2.26 bits per heavy atom. The Balaban J connectivity index is 1.14. The van der Waals surface area contributed by atoms with Gasteiger partial charge in [-0.1, -0.05) is 55.5 Å². The molecular weight excluding hydrogens is 432 g/mol. The molecule has 0 aliphatic heterocycles. The Labute approximate surface area is 198 Å². The number of carbonyl (C=O) groups is 3. The third kappa shape index (κ3) is 4.04. The highest BCUT2D eigenvalue weighted by Gasteiger charge is 2.50. The fraction of sp³-hybridized carbons (Fsp3) is 0.444. The van der Waals surface area contributed by atoms with Crippen LogP contribution in [0.4, 0.5) is 4.79 Å². The molecule has 2 fully saturated rings. The van der Waals surface area contributed by atoms with Crippen molar-refractivity contribution >= 4 is 18.0 Å². The molecule has 5 rings (SSSR count). The number of rotatable bonds is 7. The molecule has 3 aliphatic rings. The van der Waals surface area contributed by atoms with Crippen LogP contribution in [0.1, 0.15) is 49.7 Å². The molecular formula is C27H30N2O5. The van der Waals surface area contributed by atoms with Crippen LogP contribution in [0.2, 0.25) is 0 Å². The van der Waals surface area contributed by atoms with E-state index < -0.39 is 18.1 Å². The molecule has 0 saturated heterocycles. The molecule has 3 N–H and O–H groups in total. The van der Waals surface area contributed by atoms with E-state index in [4.69, 9.17) is 4.74 Å².